The van der Waals surface area contributed by atoms with Crippen LogP contribution in [0.2, 0.25) is 0 Å². The Morgan fingerprint density at radius 2 is 2.30 bits per heavy atom. The van der Waals surface area contributed by atoms with Gasteiger partial charge in [0, 0.05) is 22.9 Å². The Hall–Kier alpha value is -1.60. The molecule has 0 saturated carbocycles. The molecular formula is C13H14BrN3O3. The van der Waals surface area contributed by atoms with Gasteiger partial charge < -0.3 is 15.1 Å². The van der Waals surface area contributed by atoms with Crippen molar-refractivity contribution in [1.29, 1.82) is 0 Å². The van der Waals surface area contributed by atoms with Crippen molar-refractivity contribution in [2.45, 2.75) is 19.1 Å². The third-order valence-corrected chi connectivity index (χ3v) is 4.17. The molecular weight excluding hydrogens is 326 g/mol. The van der Waals surface area contributed by atoms with Gasteiger partial charge in [-0.15, -0.1) is 0 Å². The molecule has 20 heavy (non-hydrogen) atoms. The Kier molecular flexibility index (Phi) is 3.39. The van der Waals surface area contributed by atoms with Crippen molar-refractivity contribution >= 4 is 32.9 Å². The highest BCUT2D eigenvalue weighted by atomic mass is 79.9. The molecule has 2 N–H and O–H groups in total. The minimum absolute atomic E-state index is 0.0232. The van der Waals surface area contributed by atoms with Crippen LogP contribution < -0.4 is 0 Å². The smallest absolute Gasteiger partial charge is 0.407 e. The van der Waals surface area contributed by atoms with Gasteiger partial charge in [0.05, 0.1) is 23.9 Å². The molecule has 1 amide bonds. The van der Waals surface area contributed by atoms with Crippen molar-refractivity contribution in [3.63, 3.8) is 0 Å². The zero-order valence-electron chi connectivity index (χ0n) is 10.7. The van der Waals surface area contributed by atoms with Crippen molar-refractivity contribution in [2.75, 3.05) is 13.1 Å². The molecule has 1 saturated heterocycles. The number of fused-ring (bicyclic) bond motifs is 1. The molecule has 3 rings (SSSR count). The van der Waals surface area contributed by atoms with Crippen LogP contribution in [-0.2, 0) is 6.61 Å². The summed E-state index contributed by atoms with van der Waals surface area (Å²) in [6.45, 7) is 0.828. The molecule has 0 bridgehead atoms. The number of rotatable bonds is 2. The number of aromatic nitrogens is 2. The molecule has 1 fully saturated rings. The Bertz CT molecular complexity index is 670. The van der Waals surface area contributed by atoms with Crippen LogP contribution in [0.3, 0.4) is 0 Å². The first-order valence-electron chi connectivity index (χ1n) is 6.35. The molecule has 1 aliphatic rings. The fourth-order valence-electron chi connectivity index (χ4n) is 2.69. The number of aliphatic hydroxyl groups is 1. The summed E-state index contributed by atoms with van der Waals surface area (Å²) in [5.41, 5.74) is 1.55. The van der Waals surface area contributed by atoms with Crippen LogP contribution in [0.25, 0.3) is 10.9 Å². The molecule has 106 valence electrons. The lowest BCUT2D eigenvalue weighted by Crippen LogP contribution is -2.27. The number of hydrogen-bond donors (Lipinski definition) is 2. The summed E-state index contributed by atoms with van der Waals surface area (Å²) < 4.78 is 2.77. The fourth-order valence-corrected chi connectivity index (χ4v) is 3.05. The summed E-state index contributed by atoms with van der Waals surface area (Å²) in [4.78, 5) is 12.4. The second-order valence-corrected chi connectivity index (χ2v) is 5.80. The van der Waals surface area contributed by atoms with E-state index in [0.717, 1.165) is 21.8 Å². The molecule has 1 aliphatic heterocycles. The van der Waals surface area contributed by atoms with Crippen LogP contribution in [-0.4, -0.2) is 44.1 Å². The summed E-state index contributed by atoms with van der Waals surface area (Å²) in [5.74, 6) is 0. The van der Waals surface area contributed by atoms with E-state index in [1.165, 1.54) is 4.90 Å². The number of likely N-dealkylation sites (tertiary alicyclic amines) is 1. The Morgan fingerprint density at radius 1 is 1.50 bits per heavy atom. The van der Waals surface area contributed by atoms with Gasteiger partial charge in [-0.1, -0.05) is 15.9 Å². The van der Waals surface area contributed by atoms with Gasteiger partial charge in [0.15, 0.2) is 0 Å². The quantitative estimate of drug-likeness (QED) is 0.879. The lowest BCUT2D eigenvalue weighted by Gasteiger charge is -2.13. The van der Waals surface area contributed by atoms with Gasteiger partial charge in [-0.05, 0) is 24.6 Å². The largest absolute Gasteiger partial charge is 0.465 e. The number of aliphatic hydroxyl groups excluding tert-OH is 1. The standard InChI is InChI=1S/C13H14BrN3O3/c14-8-1-2-12-10(5-8)11(7-18)15-17(12)9-3-4-16(6-9)13(19)20/h1-2,5,9,18H,3-4,6-7H2,(H,19,20). The van der Waals surface area contributed by atoms with Gasteiger partial charge in [-0.2, -0.15) is 5.10 Å². The van der Waals surface area contributed by atoms with Crippen LogP contribution >= 0.6 is 15.9 Å². The zero-order chi connectivity index (χ0) is 14.3. The average molecular weight is 340 g/mol. The average Bonchev–Trinajstić information content (AvgIpc) is 3.01. The molecule has 0 spiro atoms. The van der Waals surface area contributed by atoms with Crippen molar-refractivity contribution in [3.05, 3.63) is 28.4 Å². The molecule has 1 atom stereocenters. The third-order valence-electron chi connectivity index (χ3n) is 3.67. The number of carboxylic acid groups (broad SMARTS) is 1. The van der Waals surface area contributed by atoms with Gasteiger partial charge in [0.25, 0.3) is 0 Å². The highest BCUT2D eigenvalue weighted by Gasteiger charge is 2.29. The monoisotopic (exact) mass is 339 g/mol. The molecule has 1 aromatic heterocycles. The Labute approximate surface area is 123 Å². The van der Waals surface area contributed by atoms with Crippen molar-refractivity contribution in [3.8, 4) is 0 Å². The van der Waals surface area contributed by atoms with Gasteiger partial charge in [-0.3, -0.25) is 4.68 Å². The SMILES string of the molecule is O=C(O)N1CCC(n2nc(CO)c3cc(Br)ccc32)C1. The first kappa shape index (κ1) is 13.4. The molecule has 2 aromatic rings. The maximum atomic E-state index is 11.0. The highest BCUT2D eigenvalue weighted by Crippen LogP contribution is 2.29. The number of amides is 1. The van der Waals surface area contributed by atoms with E-state index in [-0.39, 0.29) is 12.6 Å². The Morgan fingerprint density at radius 3 is 2.95 bits per heavy atom. The van der Waals surface area contributed by atoms with Crippen LogP contribution in [0.5, 0.6) is 0 Å². The Balaban J connectivity index is 2.02. The third kappa shape index (κ3) is 2.16. The number of benzene rings is 1. The summed E-state index contributed by atoms with van der Waals surface area (Å²) in [6.07, 6.45) is -0.154. The van der Waals surface area contributed by atoms with Gasteiger partial charge in [0.1, 0.15) is 0 Å². The van der Waals surface area contributed by atoms with E-state index in [1.54, 1.807) is 0 Å². The second-order valence-electron chi connectivity index (χ2n) is 4.88. The zero-order valence-corrected chi connectivity index (χ0v) is 12.2. The van der Waals surface area contributed by atoms with Gasteiger partial charge in [-0.25, -0.2) is 4.79 Å². The molecule has 2 heterocycles. The minimum Gasteiger partial charge on any atom is -0.465 e. The number of nitrogens with zero attached hydrogens (tertiary/aromatic N) is 3. The number of carbonyl (C=O) groups is 1. The molecule has 6 nitrogen and oxygen atoms in total. The lowest BCUT2D eigenvalue weighted by atomic mass is 10.2. The maximum absolute atomic E-state index is 11.0. The van der Waals surface area contributed by atoms with E-state index in [2.05, 4.69) is 21.0 Å². The molecule has 1 aromatic carbocycles. The number of hydrogen-bond acceptors (Lipinski definition) is 3. The van der Waals surface area contributed by atoms with Crippen molar-refractivity contribution in [2.24, 2.45) is 0 Å². The maximum Gasteiger partial charge on any atom is 0.407 e. The van der Waals surface area contributed by atoms with Gasteiger partial charge in [0.2, 0.25) is 0 Å². The first-order valence-corrected chi connectivity index (χ1v) is 7.15. The van der Waals surface area contributed by atoms with Crippen LogP contribution in [0.4, 0.5) is 4.79 Å². The van der Waals surface area contributed by atoms with E-state index in [9.17, 15) is 9.90 Å². The first-order chi connectivity index (χ1) is 9.60. The lowest BCUT2D eigenvalue weighted by molar-refractivity contribution is 0.154. The molecule has 1 unspecified atom stereocenters. The summed E-state index contributed by atoms with van der Waals surface area (Å²) in [6, 6.07) is 5.81. The van der Waals surface area contributed by atoms with E-state index >= 15 is 0 Å². The van der Waals surface area contributed by atoms with E-state index in [0.29, 0.717) is 18.8 Å². The van der Waals surface area contributed by atoms with Gasteiger partial charge >= 0.3 is 6.09 Å². The van der Waals surface area contributed by atoms with Crippen molar-refractivity contribution in [1.82, 2.24) is 14.7 Å². The van der Waals surface area contributed by atoms with Crippen LogP contribution in [0, 0.1) is 0 Å². The normalized spacial score (nSPS) is 18.9. The topological polar surface area (TPSA) is 78.6 Å². The second kappa shape index (κ2) is 5.06. The predicted molar refractivity (Wildman–Crippen MR) is 76.6 cm³/mol. The summed E-state index contributed by atoms with van der Waals surface area (Å²) in [7, 11) is 0. The molecule has 0 radical (unpaired) electrons. The minimum atomic E-state index is -0.894. The highest BCUT2D eigenvalue weighted by molar-refractivity contribution is 9.10. The number of halogens is 1. The van der Waals surface area contributed by atoms with E-state index in [4.69, 9.17) is 5.11 Å². The van der Waals surface area contributed by atoms with Crippen molar-refractivity contribution < 1.29 is 15.0 Å². The molecule has 7 heteroatoms. The molecule has 0 aliphatic carbocycles. The van der Waals surface area contributed by atoms with E-state index in [1.807, 2.05) is 22.9 Å². The van der Waals surface area contributed by atoms with Crippen LogP contribution in [0.1, 0.15) is 18.2 Å². The summed E-state index contributed by atoms with van der Waals surface area (Å²) in [5, 5.41) is 23.8. The van der Waals surface area contributed by atoms with E-state index < -0.39 is 6.09 Å². The predicted octanol–water partition coefficient (Wildman–Crippen LogP) is 2.22. The summed E-state index contributed by atoms with van der Waals surface area (Å²) >= 11 is 3.41. The van der Waals surface area contributed by atoms with Crippen LogP contribution in [0.15, 0.2) is 22.7 Å². The fraction of sp³-hybridized carbons (Fsp3) is 0.385.